The van der Waals surface area contributed by atoms with Crippen molar-refractivity contribution in [2.75, 3.05) is 25.0 Å². The fourth-order valence-electron chi connectivity index (χ4n) is 5.02. The smallest absolute Gasteiger partial charge is 0.326 e. The summed E-state index contributed by atoms with van der Waals surface area (Å²) in [5.74, 6) is -1.81. The van der Waals surface area contributed by atoms with E-state index >= 15 is 0 Å². The first-order valence-corrected chi connectivity index (χ1v) is 15.3. The maximum atomic E-state index is 12.2. The fraction of sp³-hybridized carbons (Fsp3) is 0.375. The van der Waals surface area contributed by atoms with Crippen LogP contribution >= 0.6 is 11.8 Å². The summed E-state index contributed by atoms with van der Waals surface area (Å²) >= 11 is 1.78. The summed E-state index contributed by atoms with van der Waals surface area (Å²) in [6, 6.07) is 18.0. The first-order valence-electron chi connectivity index (χ1n) is 14.5. The average Bonchev–Trinajstić information content (AvgIpc) is 3.31. The van der Waals surface area contributed by atoms with Crippen molar-refractivity contribution in [2.45, 2.75) is 62.4 Å². The Labute approximate surface area is 251 Å². The molecule has 0 bridgehead atoms. The lowest BCUT2D eigenvalue weighted by Crippen LogP contribution is -2.45. The number of fused-ring (bicyclic) bond motifs is 2. The first-order chi connectivity index (χ1) is 20.4. The Balaban J connectivity index is 1.23. The molecule has 9 nitrogen and oxygen atoms in total. The van der Waals surface area contributed by atoms with Gasteiger partial charge in [-0.2, -0.15) is 4.57 Å². The molecule has 5 N–H and O–H groups in total. The van der Waals surface area contributed by atoms with Crippen LogP contribution in [0.3, 0.4) is 0 Å². The summed E-state index contributed by atoms with van der Waals surface area (Å²) in [4.78, 5) is 39.2. The molecule has 0 fully saturated rings. The normalized spacial score (nSPS) is 14.1. The van der Waals surface area contributed by atoms with E-state index in [4.69, 9.17) is 5.73 Å². The molecule has 0 spiro atoms. The van der Waals surface area contributed by atoms with E-state index in [9.17, 15) is 19.5 Å². The number of carbonyl (C=O) groups excluding carboxylic acids is 2. The molecule has 2 heterocycles. The minimum atomic E-state index is -1.09. The van der Waals surface area contributed by atoms with Gasteiger partial charge in [-0.05, 0) is 68.5 Å². The number of nitrogens with one attached hydrogen (secondary N) is 2. The third-order valence-electron chi connectivity index (χ3n) is 7.34. The number of carboxylic acid groups (broad SMARTS) is 1. The second-order valence-electron chi connectivity index (χ2n) is 10.4. The lowest BCUT2D eigenvalue weighted by Gasteiger charge is -2.14. The molecule has 1 aliphatic rings. The first kappa shape index (κ1) is 31.1. The Morgan fingerprint density at radius 3 is 2.57 bits per heavy atom. The van der Waals surface area contributed by atoms with Crippen LogP contribution in [0.5, 0.6) is 0 Å². The molecule has 0 saturated carbocycles. The van der Waals surface area contributed by atoms with Crippen molar-refractivity contribution >= 4 is 52.2 Å². The molecule has 1 atom stereocenters. The van der Waals surface area contributed by atoms with Crippen LogP contribution < -0.4 is 25.8 Å². The number of aliphatic carboxylic acids is 1. The van der Waals surface area contributed by atoms with Gasteiger partial charge in [0, 0.05) is 36.9 Å². The average molecular weight is 591 g/mol. The van der Waals surface area contributed by atoms with E-state index in [2.05, 4.69) is 94.0 Å². The van der Waals surface area contributed by atoms with Gasteiger partial charge in [0.25, 0.3) is 0 Å². The second kappa shape index (κ2) is 15.4. The van der Waals surface area contributed by atoms with Crippen molar-refractivity contribution in [3.63, 3.8) is 0 Å². The summed E-state index contributed by atoms with van der Waals surface area (Å²) < 4.78 is 2.26. The van der Waals surface area contributed by atoms with Gasteiger partial charge in [0.05, 0.1) is 22.6 Å². The van der Waals surface area contributed by atoms with Crippen LogP contribution in [0.15, 0.2) is 70.7 Å². The molecule has 0 radical (unpaired) electrons. The van der Waals surface area contributed by atoms with E-state index in [1.807, 2.05) is 0 Å². The Morgan fingerprint density at radius 1 is 1.00 bits per heavy atom. The standard InChI is InChI=1S/C32H39N5O4S/c1-36-27-14-6-7-15-28(27)42-31(36)21-23-17-20-37(26-13-5-4-11-24(23)26)19-10-2-3-16-29(38)34-22-30(39)35-25(32(40)41)12-8-9-18-33/h4-7,11,13-15,17,20-21,25H,2-3,8-10,12,16,18-19,22,33H2,1H3,(H2-,34,35,38,39,40,41)/p+1/t25-/m0/s1. The number of carbonyl (C=O) groups is 3. The molecule has 42 heavy (non-hydrogen) atoms. The van der Waals surface area contributed by atoms with Crippen LogP contribution in [0.2, 0.25) is 0 Å². The van der Waals surface area contributed by atoms with E-state index in [0.29, 0.717) is 38.6 Å². The highest BCUT2D eigenvalue weighted by atomic mass is 32.2. The number of amides is 2. The summed E-state index contributed by atoms with van der Waals surface area (Å²) in [5, 5.41) is 16.7. The summed E-state index contributed by atoms with van der Waals surface area (Å²) in [6.07, 6.45) is 8.81. The van der Waals surface area contributed by atoms with Crippen molar-refractivity contribution in [2.24, 2.45) is 5.73 Å². The van der Waals surface area contributed by atoms with Crippen molar-refractivity contribution in [3.05, 3.63) is 71.4 Å². The minimum Gasteiger partial charge on any atom is -0.480 e. The summed E-state index contributed by atoms with van der Waals surface area (Å²) in [7, 11) is 2.10. The Morgan fingerprint density at radius 2 is 1.79 bits per heavy atom. The SMILES string of the molecule is CN1C(=Cc2cc[n+](CCCCCC(=O)NCC(=O)N[C@@H](CCCCN)C(=O)O)c3ccccc23)Sc2ccccc21. The van der Waals surface area contributed by atoms with Gasteiger partial charge in [-0.3, -0.25) is 9.59 Å². The van der Waals surface area contributed by atoms with Crippen LogP contribution in [-0.2, 0) is 20.9 Å². The van der Waals surface area contributed by atoms with E-state index < -0.39 is 17.9 Å². The number of anilines is 1. The quantitative estimate of drug-likeness (QED) is 0.155. The number of thioether (sulfide) groups is 1. The van der Waals surface area contributed by atoms with Crippen LogP contribution in [0.1, 0.15) is 50.5 Å². The van der Waals surface area contributed by atoms with Crippen LogP contribution in [-0.4, -0.2) is 49.1 Å². The molecule has 10 heteroatoms. The number of hydrogen-bond acceptors (Lipinski definition) is 6. The van der Waals surface area contributed by atoms with E-state index in [-0.39, 0.29) is 12.5 Å². The van der Waals surface area contributed by atoms with Gasteiger partial charge in [-0.1, -0.05) is 36.0 Å². The summed E-state index contributed by atoms with van der Waals surface area (Å²) in [6.45, 7) is 1.08. The second-order valence-corrected chi connectivity index (χ2v) is 11.5. The molecule has 2 aromatic carbocycles. The van der Waals surface area contributed by atoms with Gasteiger partial charge in [0.2, 0.25) is 17.3 Å². The molecular formula is C32H40N5O4S+. The molecule has 1 aliphatic heterocycles. The zero-order valence-electron chi connectivity index (χ0n) is 24.1. The molecule has 4 rings (SSSR count). The highest BCUT2D eigenvalue weighted by Gasteiger charge is 2.22. The molecule has 0 unspecified atom stereocenters. The van der Waals surface area contributed by atoms with Crippen LogP contribution in [0.25, 0.3) is 17.0 Å². The maximum Gasteiger partial charge on any atom is 0.326 e. The lowest BCUT2D eigenvalue weighted by molar-refractivity contribution is -0.671. The van der Waals surface area contributed by atoms with Gasteiger partial charge in [-0.15, -0.1) is 0 Å². The third-order valence-corrected chi connectivity index (χ3v) is 8.50. The number of unbranched alkanes of at least 4 members (excludes halogenated alkanes) is 3. The highest BCUT2D eigenvalue weighted by Crippen LogP contribution is 2.45. The predicted molar refractivity (Wildman–Crippen MR) is 167 cm³/mol. The third kappa shape index (κ3) is 8.33. The van der Waals surface area contributed by atoms with Crippen molar-refractivity contribution in [3.8, 4) is 0 Å². The number of aryl methyl sites for hydroxylation is 1. The van der Waals surface area contributed by atoms with Gasteiger partial charge >= 0.3 is 5.97 Å². The highest BCUT2D eigenvalue weighted by molar-refractivity contribution is 8.03. The molecule has 0 aliphatic carbocycles. The maximum absolute atomic E-state index is 12.2. The minimum absolute atomic E-state index is 0.215. The Hall–Kier alpha value is -3.89. The van der Waals surface area contributed by atoms with Crippen molar-refractivity contribution < 1.29 is 24.1 Å². The number of pyridine rings is 1. The number of aromatic nitrogens is 1. The van der Waals surface area contributed by atoms with Crippen molar-refractivity contribution in [1.82, 2.24) is 10.6 Å². The number of nitrogens with zero attached hydrogens (tertiary/aromatic N) is 2. The van der Waals surface area contributed by atoms with E-state index in [0.717, 1.165) is 19.4 Å². The molecule has 222 valence electrons. The largest absolute Gasteiger partial charge is 0.480 e. The number of para-hydroxylation sites is 2. The van der Waals surface area contributed by atoms with Crippen molar-refractivity contribution in [1.29, 1.82) is 0 Å². The number of benzene rings is 2. The Bertz CT molecular complexity index is 1440. The summed E-state index contributed by atoms with van der Waals surface area (Å²) in [5.41, 5.74) is 9.01. The molecule has 0 saturated heterocycles. The van der Waals surface area contributed by atoms with Crippen LogP contribution in [0, 0.1) is 0 Å². The zero-order chi connectivity index (χ0) is 29.9. The zero-order valence-corrected chi connectivity index (χ0v) is 24.9. The monoisotopic (exact) mass is 590 g/mol. The number of rotatable bonds is 15. The van der Waals surface area contributed by atoms with Gasteiger partial charge in [0.15, 0.2) is 6.20 Å². The lowest BCUT2D eigenvalue weighted by atomic mass is 10.1. The topological polar surface area (TPSA) is 129 Å². The molecule has 2 amide bonds. The van der Waals surface area contributed by atoms with Crippen LogP contribution in [0.4, 0.5) is 5.69 Å². The van der Waals surface area contributed by atoms with Gasteiger partial charge < -0.3 is 26.4 Å². The molecular weight excluding hydrogens is 550 g/mol. The van der Waals surface area contributed by atoms with E-state index in [1.165, 1.54) is 32.1 Å². The predicted octanol–water partition coefficient (Wildman–Crippen LogP) is 4.04. The number of carboxylic acids is 1. The number of nitrogens with two attached hydrogens (primary N) is 1. The molecule has 3 aromatic rings. The molecule has 1 aromatic heterocycles. The Kier molecular flexibility index (Phi) is 11.4. The van der Waals surface area contributed by atoms with Gasteiger partial charge in [0.1, 0.15) is 12.6 Å². The number of hydrogen-bond donors (Lipinski definition) is 4. The van der Waals surface area contributed by atoms with Gasteiger partial charge in [-0.25, -0.2) is 4.79 Å². The van der Waals surface area contributed by atoms with E-state index in [1.54, 1.807) is 11.8 Å². The fourth-order valence-corrected chi connectivity index (χ4v) is 6.12.